The summed E-state index contributed by atoms with van der Waals surface area (Å²) in [6.07, 6.45) is 0. The lowest BCUT2D eigenvalue weighted by Crippen LogP contribution is -1.85. The maximum absolute atomic E-state index is 12.8. The number of nitriles is 1. The van der Waals surface area contributed by atoms with Crippen LogP contribution in [0.4, 0.5) is 4.39 Å². The molecule has 0 amide bonds. The molecule has 1 aromatic carbocycles. The molecule has 0 aliphatic carbocycles. The molecule has 0 saturated carbocycles. The molecule has 1 unspecified atom stereocenters. The fourth-order valence-electron chi connectivity index (χ4n) is 0.733. The highest BCUT2D eigenvalue weighted by atomic mass is 31.1. The van der Waals surface area contributed by atoms with Gasteiger partial charge in [-0.2, -0.15) is 5.26 Å². The number of halogens is 1. The normalized spacial score (nSPS) is 10.4. The lowest BCUT2D eigenvalue weighted by molar-refractivity contribution is 0.409. The van der Waals surface area contributed by atoms with Crippen LogP contribution in [0.2, 0.25) is 0 Å². The van der Waals surface area contributed by atoms with E-state index in [1.807, 2.05) is 0 Å². The fraction of sp³-hybridized carbons (Fsp3) is 0. The van der Waals surface area contributed by atoms with Crippen LogP contribution in [0.3, 0.4) is 0 Å². The smallest absolute Gasteiger partial charge is 0.229 e. The van der Waals surface area contributed by atoms with Crippen molar-refractivity contribution in [2.45, 2.75) is 0 Å². The molecule has 0 aliphatic heterocycles. The Labute approximate surface area is 74.1 Å². The predicted octanol–water partition coefficient (Wildman–Crippen LogP) is 1.73. The zero-order valence-corrected chi connectivity index (χ0v) is 7.16. The van der Waals surface area contributed by atoms with Crippen LogP contribution >= 0.6 is 8.25 Å². The summed E-state index contributed by atoms with van der Waals surface area (Å²) in [7, 11) is -2.80. The van der Waals surface area contributed by atoms with E-state index in [-0.39, 0.29) is 11.3 Å². The molecule has 13 heavy (non-hydrogen) atoms. The predicted molar refractivity (Wildman–Crippen MR) is 41.6 cm³/mol. The first kappa shape index (κ1) is 9.59. The Morgan fingerprint density at radius 2 is 2.31 bits per heavy atom. The van der Waals surface area contributed by atoms with Crippen molar-refractivity contribution in [3.8, 4) is 11.8 Å². The van der Waals surface area contributed by atoms with Gasteiger partial charge in [-0.1, -0.05) is 0 Å². The van der Waals surface area contributed by atoms with Gasteiger partial charge in [0.1, 0.15) is 11.9 Å². The van der Waals surface area contributed by atoms with E-state index in [0.29, 0.717) is 0 Å². The first-order valence-electron chi connectivity index (χ1n) is 3.17. The van der Waals surface area contributed by atoms with Gasteiger partial charge in [0.25, 0.3) is 0 Å². The molecule has 1 aromatic rings. The summed E-state index contributed by atoms with van der Waals surface area (Å²) in [4.78, 5) is 8.32. The summed E-state index contributed by atoms with van der Waals surface area (Å²) < 4.78 is 27.3. The highest BCUT2D eigenvalue weighted by Crippen LogP contribution is 2.24. The van der Waals surface area contributed by atoms with Gasteiger partial charge in [-0.05, 0) is 12.1 Å². The van der Waals surface area contributed by atoms with Crippen LogP contribution in [0, 0.1) is 17.1 Å². The molecule has 1 rings (SSSR count). The lowest BCUT2D eigenvalue weighted by atomic mass is 10.2. The van der Waals surface area contributed by atoms with E-state index < -0.39 is 14.1 Å². The highest BCUT2D eigenvalue weighted by Gasteiger charge is 2.15. The molecule has 1 N–H and O–H groups in total. The van der Waals surface area contributed by atoms with Gasteiger partial charge in [-0.15, -0.1) is 4.89 Å². The minimum atomic E-state index is -2.80. The topological polar surface area (TPSA) is 70.3 Å². The van der Waals surface area contributed by atoms with Crippen molar-refractivity contribution in [1.82, 2.24) is 0 Å². The number of nitrogens with zero attached hydrogens (tertiary/aromatic N) is 1. The van der Waals surface area contributed by atoms with Gasteiger partial charge in [-0.25, -0.2) is 8.91 Å². The van der Waals surface area contributed by atoms with Crippen molar-refractivity contribution in [2.24, 2.45) is 0 Å². The van der Waals surface area contributed by atoms with Gasteiger partial charge in [0.05, 0.1) is 5.56 Å². The van der Waals surface area contributed by atoms with Crippen molar-refractivity contribution in [3.05, 3.63) is 29.6 Å². The van der Waals surface area contributed by atoms with E-state index in [1.165, 1.54) is 12.1 Å². The van der Waals surface area contributed by atoms with Gasteiger partial charge in [0.2, 0.25) is 0 Å². The van der Waals surface area contributed by atoms with Crippen molar-refractivity contribution in [2.75, 3.05) is 0 Å². The average molecular weight is 200 g/mol. The van der Waals surface area contributed by atoms with Gasteiger partial charge in [-0.3, -0.25) is 0 Å². The molecular weight excluding hydrogens is 196 g/mol. The molecule has 66 valence electrons. The first-order valence-corrected chi connectivity index (χ1v) is 4.30. The third-order valence-electron chi connectivity index (χ3n) is 1.24. The van der Waals surface area contributed by atoms with Crippen LogP contribution in [-0.2, 0) is 4.57 Å². The van der Waals surface area contributed by atoms with E-state index in [2.05, 4.69) is 4.52 Å². The number of hydrogen-bond acceptors (Lipinski definition) is 3. The molecule has 1 atom stereocenters. The number of hydrogen-bond donors (Lipinski definition) is 1. The first-order chi connectivity index (χ1) is 6.13. The Morgan fingerprint density at radius 1 is 1.62 bits per heavy atom. The monoisotopic (exact) mass is 200 g/mol. The summed E-state index contributed by atoms with van der Waals surface area (Å²) in [6, 6.07) is 4.90. The second kappa shape index (κ2) is 3.94. The van der Waals surface area contributed by atoms with Gasteiger partial charge in [0, 0.05) is 10.6 Å². The van der Waals surface area contributed by atoms with Crippen LogP contribution in [0.25, 0.3) is 0 Å². The van der Waals surface area contributed by atoms with Crippen molar-refractivity contribution in [1.29, 1.82) is 5.26 Å². The summed E-state index contributed by atoms with van der Waals surface area (Å²) in [5.74, 6) is -0.864. The van der Waals surface area contributed by atoms with Crippen molar-refractivity contribution >= 4 is 8.25 Å². The third-order valence-corrected chi connectivity index (χ3v) is 1.61. The maximum atomic E-state index is 12.8. The second-order valence-electron chi connectivity index (χ2n) is 2.08. The summed E-state index contributed by atoms with van der Waals surface area (Å²) in [5, 5.41) is 8.35. The van der Waals surface area contributed by atoms with Gasteiger partial charge >= 0.3 is 8.25 Å². The van der Waals surface area contributed by atoms with E-state index in [9.17, 15) is 8.96 Å². The van der Waals surface area contributed by atoms with Crippen LogP contribution in [0.5, 0.6) is 5.75 Å². The van der Waals surface area contributed by atoms with Crippen molar-refractivity contribution in [3.63, 3.8) is 0 Å². The molecule has 0 bridgehead atoms. The molecule has 0 spiro atoms. The molecule has 0 aromatic heterocycles. The maximum Gasteiger partial charge on any atom is 0.747 e. The zero-order chi connectivity index (χ0) is 9.84. The standard InChI is InChI=1S/C7H3FNO3P/c8-7-3-6(12-13(10)11)2-1-5(7)4-9/h1-3H/p+1. The van der Waals surface area contributed by atoms with Gasteiger partial charge in [0.15, 0.2) is 5.75 Å². The van der Waals surface area contributed by atoms with Crippen LogP contribution < -0.4 is 4.52 Å². The van der Waals surface area contributed by atoms with E-state index in [1.54, 1.807) is 6.07 Å². The van der Waals surface area contributed by atoms with E-state index in [4.69, 9.17) is 10.2 Å². The molecule has 0 heterocycles. The minimum Gasteiger partial charge on any atom is -0.229 e. The SMILES string of the molecule is N#Cc1ccc(O[P+](=O)O)cc1F. The Bertz CT molecular complexity index is 388. The Balaban J connectivity index is 2.97. The number of rotatable bonds is 2. The quantitative estimate of drug-likeness (QED) is 0.738. The summed E-state index contributed by atoms with van der Waals surface area (Å²) in [6.45, 7) is 0. The molecule has 6 heteroatoms. The second-order valence-corrected chi connectivity index (χ2v) is 2.74. The fourth-order valence-corrected chi connectivity index (χ4v) is 1.03. The Morgan fingerprint density at radius 3 is 2.77 bits per heavy atom. The molecular formula is C7H4FNO3P+. The molecule has 0 fully saturated rings. The van der Waals surface area contributed by atoms with Crippen molar-refractivity contribution < 1.29 is 18.4 Å². The average Bonchev–Trinajstić information content (AvgIpc) is 2.03. The van der Waals surface area contributed by atoms with Crippen LogP contribution in [0.1, 0.15) is 5.56 Å². The molecule has 4 nitrogen and oxygen atoms in total. The van der Waals surface area contributed by atoms with Crippen LogP contribution in [-0.4, -0.2) is 4.89 Å². The molecule has 0 saturated heterocycles. The largest absolute Gasteiger partial charge is 0.747 e. The van der Waals surface area contributed by atoms with Crippen LogP contribution in [0.15, 0.2) is 18.2 Å². The summed E-state index contributed by atoms with van der Waals surface area (Å²) >= 11 is 0. The Kier molecular flexibility index (Phi) is 2.91. The zero-order valence-electron chi connectivity index (χ0n) is 6.27. The van der Waals surface area contributed by atoms with Gasteiger partial charge < -0.3 is 0 Å². The molecule has 0 aliphatic rings. The van der Waals surface area contributed by atoms with E-state index >= 15 is 0 Å². The molecule has 0 radical (unpaired) electrons. The Hall–Kier alpha value is -1.50. The third kappa shape index (κ3) is 2.48. The lowest BCUT2D eigenvalue weighted by Gasteiger charge is -1.93. The van der Waals surface area contributed by atoms with E-state index in [0.717, 1.165) is 6.07 Å². The number of benzene rings is 1. The minimum absolute atomic E-state index is 0.0832. The highest BCUT2D eigenvalue weighted by molar-refractivity contribution is 7.32. The summed E-state index contributed by atoms with van der Waals surface area (Å²) in [5.41, 5.74) is -0.138.